The molecule has 8 aromatic rings. The fourth-order valence-corrected chi connectivity index (χ4v) is 7.69. The molecule has 0 fully saturated rings. The van der Waals surface area contributed by atoms with E-state index in [0.717, 1.165) is 44.4 Å². The van der Waals surface area contributed by atoms with Crippen LogP contribution in [0.2, 0.25) is 0 Å². The van der Waals surface area contributed by atoms with E-state index >= 15 is 0 Å². The Labute approximate surface area is 262 Å². The number of para-hydroxylation sites is 2. The monoisotopic (exact) mass is 577 g/mol. The molecule has 0 saturated carbocycles. The lowest BCUT2D eigenvalue weighted by Gasteiger charge is -2.34. The fraction of sp³-hybridized carbons (Fsp3) is 0.0698. The van der Waals surface area contributed by atoms with E-state index in [1.165, 1.54) is 38.7 Å². The average Bonchev–Trinajstić information content (AvgIpc) is 3.58. The third-order valence-electron chi connectivity index (χ3n) is 9.64. The van der Waals surface area contributed by atoms with Crippen molar-refractivity contribution < 1.29 is 4.42 Å². The molecule has 7 aromatic carbocycles. The SMILES string of the molecule is CC1(C)c2ccccc2-c2cccc(N(c3ccccc3-c3cccc4oc5ccccc5c34)c3cccc4ccccc34)c21. The van der Waals surface area contributed by atoms with Crippen LogP contribution in [-0.2, 0) is 5.41 Å². The number of benzene rings is 7. The minimum absolute atomic E-state index is 0.179. The second-order valence-corrected chi connectivity index (χ2v) is 12.5. The van der Waals surface area contributed by atoms with E-state index in [2.05, 4.69) is 164 Å². The van der Waals surface area contributed by atoms with Gasteiger partial charge >= 0.3 is 0 Å². The largest absolute Gasteiger partial charge is 0.456 e. The quantitative estimate of drug-likeness (QED) is 0.207. The highest BCUT2D eigenvalue weighted by atomic mass is 16.3. The van der Waals surface area contributed by atoms with Crippen molar-refractivity contribution in [2.24, 2.45) is 0 Å². The van der Waals surface area contributed by atoms with Crippen molar-refractivity contribution in [1.29, 1.82) is 0 Å². The summed E-state index contributed by atoms with van der Waals surface area (Å²) in [7, 11) is 0. The lowest BCUT2D eigenvalue weighted by molar-refractivity contribution is 0.661. The van der Waals surface area contributed by atoms with Gasteiger partial charge in [0.25, 0.3) is 0 Å². The summed E-state index contributed by atoms with van der Waals surface area (Å²) in [5.41, 5.74) is 12.8. The van der Waals surface area contributed by atoms with Gasteiger partial charge in [-0.2, -0.15) is 0 Å². The predicted molar refractivity (Wildman–Crippen MR) is 189 cm³/mol. The van der Waals surface area contributed by atoms with Crippen LogP contribution in [0.15, 0.2) is 156 Å². The molecule has 1 aliphatic carbocycles. The molecule has 9 rings (SSSR count). The van der Waals surface area contributed by atoms with Gasteiger partial charge in [-0.1, -0.05) is 135 Å². The molecule has 0 radical (unpaired) electrons. The fourth-order valence-electron chi connectivity index (χ4n) is 7.69. The average molecular weight is 578 g/mol. The van der Waals surface area contributed by atoms with E-state index in [-0.39, 0.29) is 5.41 Å². The van der Waals surface area contributed by atoms with Crippen LogP contribution >= 0.6 is 0 Å². The summed E-state index contributed by atoms with van der Waals surface area (Å²) in [6.45, 7) is 4.74. The van der Waals surface area contributed by atoms with E-state index in [1.807, 2.05) is 6.07 Å². The standard InChI is InChI=1S/C43H31NO/c1-43(2)35-22-8-5-17-30(35)33-21-12-25-38(42(33)43)44(36-24-11-15-28-14-3-4-16-29(28)36)37-23-9-6-18-31(37)32-20-13-27-40-41(32)34-19-7-10-26-39(34)45-40/h3-27H,1-2H3. The maximum Gasteiger partial charge on any atom is 0.136 e. The minimum atomic E-state index is -0.179. The highest BCUT2D eigenvalue weighted by molar-refractivity contribution is 6.14. The topological polar surface area (TPSA) is 16.4 Å². The van der Waals surface area contributed by atoms with Crippen molar-refractivity contribution in [2.75, 3.05) is 4.90 Å². The Hall–Kier alpha value is -5.60. The van der Waals surface area contributed by atoms with Gasteiger partial charge in [0.05, 0.1) is 17.1 Å². The zero-order valence-electron chi connectivity index (χ0n) is 25.3. The number of hydrogen-bond donors (Lipinski definition) is 0. The molecule has 0 atom stereocenters. The van der Waals surface area contributed by atoms with Gasteiger partial charge in [0.1, 0.15) is 11.2 Å². The molecule has 0 amide bonds. The van der Waals surface area contributed by atoms with Crippen LogP contribution in [-0.4, -0.2) is 0 Å². The first kappa shape index (κ1) is 25.9. The molecule has 0 saturated heterocycles. The molecule has 1 aliphatic rings. The molecule has 1 aromatic heterocycles. The summed E-state index contributed by atoms with van der Waals surface area (Å²) >= 11 is 0. The Kier molecular flexibility index (Phi) is 5.58. The highest BCUT2D eigenvalue weighted by Crippen LogP contribution is 2.55. The van der Waals surface area contributed by atoms with Crippen LogP contribution in [0.25, 0.3) is 55.0 Å². The molecule has 0 spiro atoms. The predicted octanol–water partition coefficient (Wildman–Crippen LogP) is 12.2. The molecule has 45 heavy (non-hydrogen) atoms. The Morgan fingerprint density at radius 3 is 1.93 bits per heavy atom. The van der Waals surface area contributed by atoms with Gasteiger partial charge in [-0.3, -0.25) is 0 Å². The number of furan rings is 1. The van der Waals surface area contributed by atoms with Crippen LogP contribution in [0.3, 0.4) is 0 Å². The van der Waals surface area contributed by atoms with E-state index in [9.17, 15) is 0 Å². The smallest absolute Gasteiger partial charge is 0.136 e. The lowest BCUT2D eigenvalue weighted by Crippen LogP contribution is -2.21. The summed E-state index contributed by atoms with van der Waals surface area (Å²) in [6.07, 6.45) is 0. The first-order chi connectivity index (χ1) is 22.1. The number of rotatable bonds is 4. The van der Waals surface area contributed by atoms with Crippen molar-refractivity contribution >= 4 is 49.8 Å². The second kappa shape index (κ2) is 9.70. The first-order valence-electron chi connectivity index (χ1n) is 15.6. The Morgan fingerprint density at radius 1 is 0.444 bits per heavy atom. The number of nitrogens with zero attached hydrogens (tertiary/aromatic N) is 1. The van der Waals surface area contributed by atoms with Crippen molar-refractivity contribution in [3.8, 4) is 22.3 Å². The zero-order valence-corrected chi connectivity index (χ0v) is 25.3. The molecule has 0 N–H and O–H groups in total. The molecule has 1 heterocycles. The van der Waals surface area contributed by atoms with E-state index in [0.29, 0.717) is 0 Å². The molecule has 2 heteroatoms. The second-order valence-electron chi connectivity index (χ2n) is 12.5. The van der Waals surface area contributed by atoms with Gasteiger partial charge in [-0.05, 0) is 63.5 Å². The van der Waals surface area contributed by atoms with Crippen LogP contribution in [0.5, 0.6) is 0 Å². The molecule has 0 aliphatic heterocycles. The highest BCUT2D eigenvalue weighted by Gasteiger charge is 2.39. The van der Waals surface area contributed by atoms with Crippen LogP contribution < -0.4 is 4.90 Å². The Bertz CT molecular complexity index is 2420. The third kappa shape index (κ3) is 3.76. The molecular weight excluding hydrogens is 546 g/mol. The summed E-state index contributed by atoms with van der Waals surface area (Å²) in [5.74, 6) is 0. The maximum atomic E-state index is 6.35. The van der Waals surface area contributed by atoms with Crippen LogP contribution in [0, 0.1) is 0 Å². The maximum absolute atomic E-state index is 6.35. The molecular formula is C43H31NO. The van der Waals surface area contributed by atoms with Gasteiger partial charge in [0.15, 0.2) is 0 Å². The number of fused-ring (bicyclic) bond motifs is 7. The van der Waals surface area contributed by atoms with Crippen LogP contribution in [0.4, 0.5) is 17.1 Å². The van der Waals surface area contributed by atoms with Gasteiger partial charge in [-0.15, -0.1) is 0 Å². The first-order valence-corrected chi connectivity index (χ1v) is 15.6. The summed E-state index contributed by atoms with van der Waals surface area (Å²) < 4.78 is 6.35. The van der Waals surface area contributed by atoms with Crippen molar-refractivity contribution in [2.45, 2.75) is 19.3 Å². The van der Waals surface area contributed by atoms with E-state index in [4.69, 9.17) is 4.42 Å². The number of hydrogen-bond acceptors (Lipinski definition) is 2. The minimum Gasteiger partial charge on any atom is -0.456 e. The van der Waals surface area contributed by atoms with E-state index in [1.54, 1.807) is 0 Å². The van der Waals surface area contributed by atoms with Gasteiger partial charge in [-0.25, -0.2) is 0 Å². The Balaban J connectivity index is 1.39. The van der Waals surface area contributed by atoms with Gasteiger partial charge < -0.3 is 9.32 Å². The third-order valence-corrected chi connectivity index (χ3v) is 9.64. The summed E-state index contributed by atoms with van der Waals surface area (Å²) in [6, 6.07) is 54.7. The van der Waals surface area contributed by atoms with Crippen molar-refractivity contribution in [3.63, 3.8) is 0 Å². The van der Waals surface area contributed by atoms with E-state index < -0.39 is 0 Å². The van der Waals surface area contributed by atoms with Gasteiger partial charge in [0, 0.05) is 27.1 Å². The zero-order chi connectivity index (χ0) is 30.1. The molecule has 0 bridgehead atoms. The number of anilines is 3. The molecule has 0 unspecified atom stereocenters. The van der Waals surface area contributed by atoms with Crippen LogP contribution in [0.1, 0.15) is 25.0 Å². The summed E-state index contributed by atoms with van der Waals surface area (Å²) in [4.78, 5) is 2.51. The van der Waals surface area contributed by atoms with Crippen molar-refractivity contribution in [1.82, 2.24) is 0 Å². The Morgan fingerprint density at radius 2 is 1.02 bits per heavy atom. The normalized spacial score (nSPS) is 13.3. The van der Waals surface area contributed by atoms with Crippen molar-refractivity contribution in [3.05, 3.63) is 163 Å². The van der Waals surface area contributed by atoms with Gasteiger partial charge in [0.2, 0.25) is 0 Å². The summed E-state index contributed by atoms with van der Waals surface area (Å²) in [5, 5.41) is 4.71. The lowest BCUT2D eigenvalue weighted by atomic mass is 9.81. The molecule has 214 valence electrons. The molecule has 2 nitrogen and oxygen atoms in total.